The summed E-state index contributed by atoms with van der Waals surface area (Å²) in [6, 6.07) is 7.82. The van der Waals surface area contributed by atoms with Gasteiger partial charge in [0.1, 0.15) is 0 Å². The SMILES string of the molecule is Clc1ccccc1N1CC2=CN(Cc3cnccn3)CCC2=N1. The maximum atomic E-state index is 6.28. The van der Waals surface area contributed by atoms with E-state index >= 15 is 0 Å². The topological polar surface area (TPSA) is 44.6 Å². The molecule has 2 aliphatic heterocycles. The van der Waals surface area contributed by atoms with E-state index in [0.29, 0.717) is 0 Å². The Morgan fingerprint density at radius 3 is 2.91 bits per heavy atom. The summed E-state index contributed by atoms with van der Waals surface area (Å²) in [5.74, 6) is 0. The number of hydrogen-bond acceptors (Lipinski definition) is 5. The molecule has 1 aromatic heterocycles. The third kappa shape index (κ3) is 2.92. The Morgan fingerprint density at radius 2 is 2.09 bits per heavy atom. The predicted octanol–water partition coefficient (Wildman–Crippen LogP) is 3.10. The highest BCUT2D eigenvalue weighted by atomic mass is 35.5. The Hall–Kier alpha value is -2.40. The van der Waals surface area contributed by atoms with Gasteiger partial charge in [-0.05, 0) is 12.1 Å². The van der Waals surface area contributed by atoms with E-state index in [4.69, 9.17) is 16.7 Å². The second-order valence-electron chi connectivity index (χ2n) is 5.63. The Bertz CT molecular complexity index is 772. The number of para-hydroxylation sites is 1. The lowest BCUT2D eigenvalue weighted by Gasteiger charge is -2.25. The zero-order chi connectivity index (χ0) is 15.6. The lowest BCUT2D eigenvalue weighted by Crippen LogP contribution is -2.27. The van der Waals surface area contributed by atoms with E-state index in [2.05, 4.69) is 21.1 Å². The number of anilines is 1. The first kappa shape index (κ1) is 14.2. The third-order valence-corrected chi connectivity index (χ3v) is 4.34. The number of rotatable bonds is 3. The molecule has 23 heavy (non-hydrogen) atoms. The van der Waals surface area contributed by atoms with Gasteiger partial charge in [-0.2, -0.15) is 5.10 Å². The van der Waals surface area contributed by atoms with E-state index in [9.17, 15) is 0 Å². The molecule has 0 aliphatic carbocycles. The zero-order valence-corrected chi connectivity index (χ0v) is 13.3. The van der Waals surface area contributed by atoms with Crippen molar-refractivity contribution in [2.75, 3.05) is 18.1 Å². The minimum Gasteiger partial charge on any atom is -0.371 e. The van der Waals surface area contributed by atoms with Crippen LogP contribution in [0.3, 0.4) is 0 Å². The Labute approximate surface area is 139 Å². The van der Waals surface area contributed by atoms with Gasteiger partial charge in [0.25, 0.3) is 0 Å². The standard InChI is InChI=1S/C17H16ClN5/c18-15-3-1-2-4-17(15)23-11-13-10-22(8-5-16(13)21-23)12-14-9-19-6-7-20-14/h1-4,6-7,9-10H,5,8,11-12H2. The summed E-state index contributed by atoms with van der Waals surface area (Å²) in [6.07, 6.45) is 8.36. The normalized spacial score (nSPS) is 16.9. The Kier molecular flexibility index (Phi) is 3.71. The molecule has 0 atom stereocenters. The monoisotopic (exact) mass is 325 g/mol. The van der Waals surface area contributed by atoms with Gasteiger partial charge in [-0.15, -0.1) is 0 Å². The number of halogens is 1. The first-order valence-corrected chi connectivity index (χ1v) is 7.97. The first-order chi connectivity index (χ1) is 11.3. The number of hydrogen-bond donors (Lipinski definition) is 0. The molecule has 0 unspecified atom stereocenters. The average Bonchev–Trinajstić information content (AvgIpc) is 2.99. The predicted molar refractivity (Wildman–Crippen MR) is 91.4 cm³/mol. The van der Waals surface area contributed by atoms with Gasteiger partial charge in [0, 0.05) is 37.1 Å². The van der Waals surface area contributed by atoms with Crippen LogP contribution in [0.15, 0.2) is 59.7 Å². The molecule has 0 fully saturated rings. The van der Waals surface area contributed by atoms with Gasteiger partial charge in [-0.25, -0.2) is 0 Å². The lowest BCUT2D eigenvalue weighted by molar-refractivity contribution is 0.366. The molecule has 2 aliphatic rings. The Balaban J connectivity index is 1.52. The number of benzene rings is 1. The van der Waals surface area contributed by atoms with Crippen LogP contribution >= 0.6 is 11.6 Å². The van der Waals surface area contributed by atoms with Gasteiger partial charge in [0.15, 0.2) is 0 Å². The summed E-state index contributed by atoms with van der Waals surface area (Å²) < 4.78 is 0. The molecule has 2 aromatic rings. The number of nitrogens with zero attached hydrogens (tertiary/aromatic N) is 5. The van der Waals surface area contributed by atoms with E-state index in [0.717, 1.165) is 48.2 Å². The molecule has 0 radical (unpaired) electrons. The van der Waals surface area contributed by atoms with Gasteiger partial charge < -0.3 is 4.90 Å². The molecule has 5 nitrogen and oxygen atoms in total. The van der Waals surface area contributed by atoms with Crippen molar-refractivity contribution in [2.45, 2.75) is 13.0 Å². The van der Waals surface area contributed by atoms with Crippen molar-refractivity contribution in [3.05, 3.63) is 65.3 Å². The van der Waals surface area contributed by atoms with E-state index in [1.54, 1.807) is 12.4 Å². The molecule has 116 valence electrons. The highest BCUT2D eigenvalue weighted by Gasteiger charge is 2.26. The van der Waals surface area contributed by atoms with Crippen molar-refractivity contribution in [1.29, 1.82) is 0 Å². The molecular formula is C17H16ClN5. The highest BCUT2D eigenvalue weighted by molar-refractivity contribution is 6.33. The molecule has 0 spiro atoms. The average molecular weight is 326 g/mol. The van der Waals surface area contributed by atoms with Crippen molar-refractivity contribution in [3.8, 4) is 0 Å². The van der Waals surface area contributed by atoms with Gasteiger partial charge in [-0.3, -0.25) is 15.0 Å². The van der Waals surface area contributed by atoms with E-state index in [1.807, 2.05) is 35.5 Å². The third-order valence-electron chi connectivity index (χ3n) is 4.02. The largest absolute Gasteiger partial charge is 0.371 e. The first-order valence-electron chi connectivity index (χ1n) is 7.59. The van der Waals surface area contributed by atoms with Crippen LogP contribution in [0, 0.1) is 0 Å². The lowest BCUT2D eigenvalue weighted by atomic mass is 10.1. The Morgan fingerprint density at radius 1 is 1.17 bits per heavy atom. The number of aromatic nitrogens is 2. The van der Waals surface area contributed by atoms with Gasteiger partial charge in [0.05, 0.1) is 41.4 Å². The van der Waals surface area contributed by atoms with E-state index in [-0.39, 0.29) is 0 Å². The maximum absolute atomic E-state index is 6.28. The molecule has 0 amide bonds. The summed E-state index contributed by atoms with van der Waals surface area (Å²) in [6.45, 7) is 2.47. The molecule has 0 saturated heterocycles. The second kappa shape index (κ2) is 6.01. The quantitative estimate of drug-likeness (QED) is 0.870. The van der Waals surface area contributed by atoms with Crippen LogP contribution in [0.25, 0.3) is 0 Å². The molecule has 0 N–H and O–H groups in total. The van der Waals surface area contributed by atoms with Crippen LogP contribution in [-0.4, -0.2) is 33.7 Å². The zero-order valence-electron chi connectivity index (χ0n) is 12.6. The summed E-state index contributed by atoms with van der Waals surface area (Å²) in [4.78, 5) is 10.7. The van der Waals surface area contributed by atoms with Crippen LogP contribution < -0.4 is 5.01 Å². The van der Waals surface area contributed by atoms with Crippen LogP contribution in [0.1, 0.15) is 12.1 Å². The number of hydrazone groups is 1. The van der Waals surface area contributed by atoms with Crippen molar-refractivity contribution in [1.82, 2.24) is 14.9 Å². The molecule has 1 aromatic carbocycles. The van der Waals surface area contributed by atoms with E-state index in [1.165, 1.54) is 5.57 Å². The summed E-state index contributed by atoms with van der Waals surface area (Å²) >= 11 is 6.28. The summed E-state index contributed by atoms with van der Waals surface area (Å²) in [7, 11) is 0. The summed E-state index contributed by atoms with van der Waals surface area (Å²) in [5.41, 5.74) is 4.34. The van der Waals surface area contributed by atoms with Crippen LogP contribution in [-0.2, 0) is 6.54 Å². The fourth-order valence-electron chi connectivity index (χ4n) is 2.90. The van der Waals surface area contributed by atoms with Crippen LogP contribution in [0.5, 0.6) is 0 Å². The van der Waals surface area contributed by atoms with Crippen molar-refractivity contribution < 1.29 is 0 Å². The molecule has 0 bridgehead atoms. The fourth-order valence-corrected chi connectivity index (χ4v) is 3.14. The fraction of sp³-hybridized carbons (Fsp3) is 0.235. The van der Waals surface area contributed by atoms with Crippen molar-refractivity contribution in [3.63, 3.8) is 0 Å². The highest BCUT2D eigenvalue weighted by Crippen LogP contribution is 2.31. The van der Waals surface area contributed by atoms with Crippen LogP contribution in [0.4, 0.5) is 5.69 Å². The minimum absolute atomic E-state index is 0.729. The maximum Gasteiger partial charge on any atom is 0.0784 e. The molecule has 6 heteroatoms. The smallest absolute Gasteiger partial charge is 0.0784 e. The minimum atomic E-state index is 0.729. The molecular weight excluding hydrogens is 310 g/mol. The second-order valence-corrected chi connectivity index (χ2v) is 6.03. The van der Waals surface area contributed by atoms with Crippen molar-refractivity contribution >= 4 is 23.0 Å². The van der Waals surface area contributed by atoms with E-state index < -0.39 is 0 Å². The summed E-state index contributed by atoms with van der Waals surface area (Å²) in [5, 5.41) is 7.44. The van der Waals surface area contributed by atoms with Gasteiger partial charge in [0.2, 0.25) is 0 Å². The molecule has 3 heterocycles. The van der Waals surface area contributed by atoms with Crippen molar-refractivity contribution in [2.24, 2.45) is 5.10 Å². The van der Waals surface area contributed by atoms with Gasteiger partial charge in [-0.1, -0.05) is 23.7 Å². The molecule has 0 saturated carbocycles. The molecule has 4 rings (SSSR count). The van der Waals surface area contributed by atoms with Gasteiger partial charge >= 0.3 is 0 Å². The van der Waals surface area contributed by atoms with Crippen LogP contribution in [0.2, 0.25) is 5.02 Å². The number of fused-ring (bicyclic) bond motifs is 1.